The van der Waals surface area contributed by atoms with E-state index in [1.165, 1.54) is 6.20 Å². The molecule has 0 atom stereocenters. The Morgan fingerprint density at radius 1 is 1.32 bits per heavy atom. The van der Waals surface area contributed by atoms with Crippen LogP contribution < -0.4 is 10.6 Å². The van der Waals surface area contributed by atoms with Crippen molar-refractivity contribution >= 4 is 23.4 Å². The fourth-order valence-corrected chi connectivity index (χ4v) is 1.63. The van der Waals surface area contributed by atoms with Crippen LogP contribution in [0, 0.1) is 11.6 Å². The number of hydrogen-bond donors (Lipinski definition) is 2. The third-order valence-electron chi connectivity index (χ3n) is 2.42. The lowest BCUT2D eigenvalue weighted by atomic mass is 10.2. The van der Waals surface area contributed by atoms with E-state index in [9.17, 15) is 8.78 Å². The number of anilines is 2. The second-order valence-electron chi connectivity index (χ2n) is 3.73. The molecule has 2 aromatic rings. The van der Waals surface area contributed by atoms with Gasteiger partial charge < -0.3 is 10.6 Å². The molecule has 2 rings (SSSR count). The average Bonchev–Trinajstić information content (AvgIpc) is 2.41. The van der Waals surface area contributed by atoms with Crippen LogP contribution >= 0.6 is 11.6 Å². The van der Waals surface area contributed by atoms with E-state index >= 15 is 0 Å². The first-order valence-electron chi connectivity index (χ1n) is 5.48. The monoisotopic (exact) mass is 284 g/mol. The highest BCUT2D eigenvalue weighted by Crippen LogP contribution is 2.20. The summed E-state index contributed by atoms with van der Waals surface area (Å²) < 4.78 is 26.4. The number of hydrogen-bond acceptors (Lipinski definition) is 4. The predicted molar refractivity (Wildman–Crippen MR) is 70.3 cm³/mol. The Kier molecular flexibility index (Phi) is 4.11. The van der Waals surface area contributed by atoms with Crippen molar-refractivity contribution in [2.45, 2.75) is 6.54 Å². The summed E-state index contributed by atoms with van der Waals surface area (Å²) in [4.78, 5) is 7.99. The van der Waals surface area contributed by atoms with Gasteiger partial charge in [0.2, 0.25) is 5.95 Å². The number of nitrogens with zero attached hydrogens (tertiary/aromatic N) is 2. The average molecular weight is 285 g/mol. The second-order valence-corrected chi connectivity index (χ2v) is 4.14. The summed E-state index contributed by atoms with van der Waals surface area (Å²) in [6.45, 7) is 0.0729. The van der Waals surface area contributed by atoms with E-state index in [-0.39, 0.29) is 12.1 Å². The smallest absolute Gasteiger partial charge is 0.224 e. The first kappa shape index (κ1) is 13.5. The van der Waals surface area contributed by atoms with Crippen LogP contribution in [-0.4, -0.2) is 17.0 Å². The van der Waals surface area contributed by atoms with Crippen LogP contribution in [-0.2, 0) is 6.54 Å². The predicted octanol–water partition coefficient (Wildman–Crippen LogP) is 3.06. The molecule has 0 aliphatic heterocycles. The summed E-state index contributed by atoms with van der Waals surface area (Å²) in [6.07, 6.45) is 1.42. The molecule has 0 saturated heterocycles. The highest BCUT2D eigenvalue weighted by atomic mass is 35.5. The molecule has 0 unspecified atom stereocenters. The minimum absolute atomic E-state index is 0.0729. The quantitative estimate of drug-likeness (QED) is 0.906. The zero-order valence-corrected chi connectivity index (χ0v) is 10.8. The maximum Gasteiger partial charge on any atom is 0.224 e. The summed E-state index contributed by atoms with van der Waals surface area (Å²) in [6, 6.07) is 3.26. The molecular weight excluding hydrogens is 274 g/mol. The summed E-state index contributed by atoms with van der Waals surface area (Å²) in [7, 11) is 1.67. The molecule has 19 heavy (non-hydrogen) atoms. The first-order valence-corrected chi connectivity index (χ1v) is 5.86. The van der Waals surface area contributed by atoms with Gasteiger partial charge in [-0.2, -0.15) is 4.98 Å². The van der Waals surface area contributed by atoms with Gasteiger partial charge in [0.05, 0.1) is 6.20 Å². The number of benzene rings is 1. The molecule has 7 heteroatoms. The standard InChI is InChI=1S/C12H11ClF2N4/c1-16-12-18-6-9(13)11(19-12)17-5-7-4-8(14)2-3-10(7)15/h2-4,6H,5H2,1H3,(H2,16,17,18,19). The summed E-state index contributed by atoms with van der Waals surface area (Å²) >= 11 is 5.91. The molecule has 1 aromatic carbocycles. The first-order chi connectivity index (χ1) is 9.10. The van der Waals surface area contributed by atoms with Crippen LogP contribution in [0.4, 0.5) is 20.5 Å². The van der Waals surface area contributed by atoms with Gasteiger partial charge in [-0.15, -0.1) is 0 Å². The highest BCUT2D eigenvalue weighted by molar-refractivity contribution is 6.32. The fourth-order valence-electron chi connectivity index (χ4n) is 1.47. The fraction of sp³-hybridized carbons (Fsp3) is 0.167. The Hall–Kier alpha value is -1.95. The van der Waals surface area contributed by atoms with Crippen LogP contribution in [0.2, 0.25) is 5.02 Å². The normalized spacial score (nSPS) is 10.3. The molecule has 0 radical (unpaired) electrons. The topological polar surface area (TPSA) is 49.8 Å². The van der Waals surface area contributed by atoms with Gasteiger partial charge in [0.25, 0.3) is 0 Å². The molecule has 0 spiro atoms. The lowest BCUT2D eigenvalue weighted by molar-refractivity contribution is 0.587. The van der Waals surface area contributed by atoms with Gasteiger partial charge in [-0.25, -0.2) is 13.8 Å². The maximum absolute atomic E-state index is 13.4. The van der Waals surface area contributed by atoms with Crippen molar-refractivity contribution in [1.29, 1.82) is 0 Å². The molecule has 0 aliphatic carbocycles. The van der Waals surface area contributed by atoms with E-state index in [1.807, 2.05) is 0 Å². The summed E-state index contributed by atoms with van der Waals surface area (Å²) in [5, 5.41) is 5.90. The van der Waals surface area contributed by atoms with Gasteiger partial charge in [-0.1, -0.05) is 11.6 Å². The van der Waals surface area contributed by atoms with E-state index < -0.39 is 11.6 Å². The van der Waals surface area contributed by atoms with Crippen molar-refractivity contribution in [2.24, 2.45) is 0 Å². The molecule has 0 amide bonds. The lowest BCUT2D eigenvalue weighted by Gasteiger charge is -2.09. The van der Waals surface area contributed by atoms with Crippen LogP contribution in [0.15, 0.2) is 24.4 Å². The van der Waals surface area contributed by atoms with E-state index in [4.69, 9.17) is 11.6 Å². The Bertz CT molecular complexity index is 592. The van der Waals surface area contributed by atoms with Crippen LogP contribution in [0.5, 0.6) is 0 Å². The zero-order valence-electron chi connectivity index (χ0n) is 10.0. The van der Waals surface area contributed by atoms with E-state index in [0.29, 0.717) is 16.8 Å². The lowest BCUT2D eigenvalue weighted by Crippen LogP contribution is -2.06. The number of rotatable bonds is 4. The SMILES string of the molecule is CNc1ncc(Cl)c(NCc2cc(F)ccc2F)n1. The van der Waals surface area contributed by atoms with Gasteiger partial charge in [-0.3, -0.25) is 0 Å². The van der Waals surface area contributed by atoms with Crippen molar-refractivity contribution in [3.8, 4) is 0 Å². The van der Waals surface area contributed by atoms with Crippen molar-refractivity contribution in [3.63, 3.8) is 0 Å². The van der Waals surface area contributed by atoms with Gasteiger partial charge in [-0.05, 0) is 18.2 Å². The molecule has 1 heterocycles. The van der Waals surface area contributed by atoms with Crippen molar-refractivity contribution < 1.29 is 8.78 Å². The molecular formula is C12H11ClF2N4. The van der Waals surface area contributed by atoms with Crippen molar-refractivity contribution in [1.82, 2.24) is 9.97 Å². The van der Waals surface area contributed by atoms with Gasteiger partial charge in [0.15, 0.2) is 5.82 Å². The molecule has 100 valence electrons. The van der Waals surface area contributed by atoms with Gasteiger partial charge in [0, 0.05) is 19.2 Å². The van der Waals surface area contributed by atoms with E-state index in [1.54, 1.807) is 7.05 Å². The molecule has 0 saturated carbocycles. The van der Waals surface area contributed by atoms with Crippen molar-refractivity contribution in [2.75, 3.05) is 17.7 Å². The molecule has 1 aromatic heterocycles. The van der Waals surface area contributed by atoms with E-state index in [0.717, 1.165) is 18.2 Å². The van der Waals surface area contributed by atoms with Crippen LogP contribution in [0.3, 0.4) is 0 Å². The molecule has 0 bridgehead atoms. The molecule has 0 aliphatic rings. The number of aromatic nitrogens is 2. The van der Waals surface area contributed by atoms with E-state index in [2.05, 4.69) is 20.6 Å². The van der Waals surface area contributed by atoms with Crippen molar-refractivity contribution in [3.05, 3.63) is 46.6 Å². The zero-order chi connectivity index (χ0) is 13.8. The second kappa shape index (κ2) is 5.79. The van der Waals surface area contributed by atoms with Crippen LogP contribution in [0.25, 0.3) is 0 Å². The Morgan fingerprint density at radius 3 is 2.84 bits per heavy atom. The molecule has 2 N–H and O–H groups in total. The van der Waals surface area contributed by atoms with Gasteiger partial charge >= 0.3 is 0 Å². The molecule has 0 fully saturated rings. The third kappa shape index (κ3) is 3.29. The Balaban J connectivity index is 2.16. The molecule has 4 nitrogen and oxygen atoms in total. The largest absolute Gasteiger partial charge is 0.364 e. The van der Waals surface area contributed by atoms with Crippen LogP contribution in [0.1, 0.15) is 5.56 Å². The third-order valence-corrected chi connectivity index (χ3v) is 2.70. The Labute approximate surface area is 113 Å². The maximum atomic E-state index is 13.4. The number of halogens is 3. The van der Waals surface area contributed by atoms with Gasteiger partial charge in [0.1, 0.15) is 16.7 Å². The Morgan fingerprint density at radius 2 is 2.11 bits per heavy atom. The minimum atomic E-state index is -0.497. The summed E-state index contributed by atoms with van der Waals surface area (Å²) in [5.74, 6) is -0.257. The minimum Gasteiger partial charge on any atom is -0.364 e. The number of nitrogens with one attached hydrogen (secondary N) is 2. The summed E-state index contributed by atoms with van der Waals surface area (Å²) in [5.41, 5.74) is 0.195. The highest BCUT2D eigenvalue weighted by Gasteiger charge is 2.07.